The topological polar surface area (TPSA) is 33.1 Å². The molecule has 0 radical (unpaired) electrons. The average Bonchev–Trinajstić information content (AvgIpc) is 2.36. The summed E-state index contributed by atoms with van der Waals surface area (Å²) in [6, 6.07) is 10.0. The van der Waals surface area contributed by atoms with Gasteiger partial charge in [-0.15, -0.1) is 0 Å². The van der Waals surface area contributed by atoms with E-state index in [2.05, 4.69) is 4.98 Å². The van der Waals surface area contributed by atoms with Crippen molar-refractivity contribution in [2.75, 3.05) is 0 Å². The van der Waals surface area contributed by atoms with Crippen molar-refractivity contribution in [3.8, 4) is 5.75 Å². The fraction of sp³-hybridized carbons (Fsp3) is 0.133. The number of aromatic hydroxyl groups is 1. The first-order valence-corrected chi connectivity index (χ1v) is 5.57. The van der Waals surface area contributed by atoms with Gasteiger partial charge in [-0.3, -0.25) is 4.98 Å². The zero-order valence-electron chi connectivity index (χ0n) is 10.0. The van der Waals surface area contributed by atoms with Gasteiger partial charge in [0.15, 0.2) is 0 Å². The summed E-state index contributed by atoms with van der Waals surface area (Å²) in [6.45, 7) is 3.72. The SMILES string of the molecule is Cc1cnc(C=Cc2ccccc2)c(C)c1O. The van der Waals surface area contributed by atoms with Gasteiger partial charge in [0.25, 0.3) is 0 Å². The van der Waals surface area contributed by atoms with Crippen molar-refractivity contribution in [2.45, 2.75) is 13.8 Å². The van der Waals surface area contributed by atoms with Gasteiger partial charge in [0.05, 0.1) is 5.69 Å². The van der Waals surface area contributed by atoms with Gasteiger partial charge in [-0.2, -0.15) is 0 Å². The lowest BCUT2D eigenvalue weighted by Gasteiger charge is -2.05. The van der Waals surface area contributed by atoms with Crippen LogP contribution in [0.15, 0.2) is 36.5 Å². The van der Waals surface area contributed by atoms with Crippen LogP contribution in [0.2, 0.25) is 0 Å². The average molecular weight is 225 g/mol. The smallest absolute Gasteiger partial charge is 0.125 e. The molecule has 0 unspecified atom stereocenters. The molecule has 0 aliphatic heterocycles. The highest BCUT2D eigenvalue weighted by Crippen LogP contribution is 2.23. The summed E-state index contributed by atoms with van der Waals surface area (Å²) >= 11 is 0. The lowest BCUT2D eigenvalue weighted by Crippen LogP contribution is -1.89. The minimum Gasteiger partial charge on any atom is -0.507 e. The van der Waals surface area contributed by atoms with E-state index >= 15 is 0 Å². The van der Waals surface area contributed by atoms with Crippen molar-refractivity contribution >= 4 is 12.2 Å². The molecule has 1 N–H and O–H groups in total. The maximum absolute atomic E-state index is 9.81. The highest BCUT2D eigenvalue weighted by molar-refractivity contribution is 5.70. The van der Waals surface area contributed by atoms with E-state index in [0.29, 0.717) is 5.75 Å². The number of benzene rings is 1. The van der Waals surface area contributed by atoms with Gasteiger partial charge in [-0.1, -0.05) is 36.4 Å². The fourth-order valence-corrected chi connectivity index (χ4v) is 1.65. The van der Waals surface area contributed by atoms with E-state index in [9.17, 15) is 5.11 Å². The zero-order valence-corrected chi connectivity index (χ0v) is 10.0. The molecule has 2 rings (SSSR count). The summed E-state index contributed by atoms with van der Waals surface area (Å²) in [5.74, 6) is 0.327. The molecular formula is C15H15NO. The second kappa shape index (κ2) is 4.83. The molecule has 0 spiro atoms. The Balaban J connectivity index is 2.31. The molecule has 1 aromatic heterocycles. The summed E-state index contributed by atoms with van der Waals surface area (Å²) in [4.78, 5) is 4.31. The van der Waals surface area contributed by atoms with E-state index in [-0.39, 0.29) is 0 Å². The third-order valence-electron chi connectivity index (χ3n) is 2.74. The van der Waals surface area contributed by atoms with Crippen LogP contribution in [0, 0.1) is 13.8 Å². The predicted octanol–water partition coefficient (Wildman–Crippen LogP) is 3.57. The number of rotatable bonds is 2. The molecule has 2 heteroatoms. The predicted molar refractivity (Wildman–Crippen MR) is 70.7 cm³/mol. The molecule has 0 bridgehead atoms. The van der Waals surface area contributed by atoms with Crippen LogP contribution >= 0.6 is 0 Å². The number of pyridine rings is 1. The van der Waals surface area contributed by atoms with Crippen LogP contribution in [0.25, 0.3) is 12.2 Å². The molecule has 0 atom stereocenters. The minimum absolute atomic E-state index is 0.327. The van der Waals surface area contributed by atoms with E-state index in [1.165, 1.54) is 0 Å². The molecule has 0 aliphatic rings. The Morgan fingerprint density at radius 3 is 2.47 bits per heavy atom. The molecule has 0 saturated carbocycles. The third kappa shape index (κ3) is 2.53. The molecule has 2 aromatic rings. The summed E-state index contributed by atoms with van der Waals surface area (Å²) in [7, 11) is 0. The molecule has 0 amide bonds. The van der Waals surface area contributed by atoms with Crippen molar-refractivity contribution in [1.29, 1.82) is 0 Å². The molecule has 0 aliphatic carbocycles. The van der Waals surface area contributed by atoms with E-state index < -0.39 is 0 Å². The summed E-state index contributed by atoms with van der Waals surface area (Å²) in [5.41, 5.74) is 3.54. The summed E-state index contributed by atoms with van der Waals surface area (Å²) < 4.78 is 0. The molecule has 86 valence electrons. The second-order valence-corrected chi connectivity index (χ2v) is 4.04. The van der Waals surface area contributed by atoms with Crippen LogP contribution in [0.1, 0.15) is 22.4 Å². The Labute approximate surface area is 101 Å². The molecule has 0 fully saturated rings. The van der Waals surface area contributed by atoms with Crippen LogP contribution in [-0.4, -0.2) is 10.1 Å². The lowest BCUT2D eigenvalue weighted by atomic mass is 10.1. The highest BCUT2D eigenvalue weighted by atomic mass is 16.3. The number of aromatic nitrogens is 1. The maximum Gasteiger partial charge on any atom is 0.125 e. The standard InChI is InChI=1S/C15H15NO/c1-11-10-16-14(12(2)15(11)17)9-8-13-6-4-3-5-7-13/h3-10H,1-2H3,(H,16,17). The van der Waals surface area contributed by atoms with Gasteiger partial charge in [0, 0.05) is 17.3 Å². The normalized spacial score (nSPS) is 10.9. The number of hydrogen-bond acceptors (Lipinski definition) is 2. The van der Waals surface area contributed by atoms with E-state index in [1.54, 1.807) is 6.20 Å². The lowest BCUT2D eigenvalue weighted by molar-refractivity contribution is 0.465. The first-order chi connectivity index (χ1) is 8.18. The fourth-order valence-electron chi connectivity index (χ4n) is 1.65. The van der Waals surface area contributed by atoms with Gasteiger partial charge < -0.3 is 5.11 Å². The Hall–Kier alpha value is -2.09. The first kappa shape index (κ1) is 11.4. The van der Waals surface area contributed by atoms with E-state index in [1.807, 2.05) is 56.3 Å². The Bertz CT molecular complexity index is 544. The van der Waals surface area contributed by atoms with Crippen LogP contribution in [0.5, 0.6) is 5.75 Å². The van der Waals surface area contributed by atoms with Crippen molar-refractivity contribution in [2.24, 2.45) is 0 Å². The van der Waals surface area contributed by atoms with Gasteiger partial charge >= 0.3 is 0 Å². The number of hydrogen-bond donors (Lipinski definition) is 1. The van der Waals surface area contributed by atoms with Crippen molar-refractivity contribution in [1.82, 2.24) is 4.98 Å². The van der Waals surface area contributed by atoms with Gasteiger partial charge in [0.1, 0.15) is 5.75 Å². The van der Waals surface area contributed by atoms with Crippen molar-refractivity contribution < 1.29 is 5.11 Å². The maximum atomic E-state index is 9.81. The Morgan fingerprint density at radius 1 is 1.06 bits per heavy atom. The molecule has 1 aromatic carbocycles. The Morgan fingerprint density at radius 2 is 1.76 bits per heavy atom. The molecular weight excluding hydrogens is 210 g/mol. The molecule has 0 saturated heterocycles. The monoisotopic (exact) mass is 225 g/mol. The van der Waals surface area contributed by atoms with Crippen LogP contribution in [0.3, 0.4) is 0 Å². The van der Waals surface area contributed by atoms with Crippen LogP contribution in [-0.2, 0) is 0 Å². The number of nitrogens with zero attached hydrogens (tertiary/aromatic N) is 1. The van der Waals surface area contributed by atoms with Gasteiger partial charge in [-0.25, -0.2) is 0 Å². The summed E-state index contributed by atoms with van der Waals surface area (Å²) in [5, 5.41) is 9.81. The highest BCUT2D eigenvalue weighted by Gasteiger charge is 2.04. The number of aryl methyl sites for hydroxylation is 1. The van der Waals surface area contributed by atoms with Crippen molar-refractivity contribution in [3.05, 3.63) is 58.9 Å². The van der Waals surface area contributed by atoms with Crippen LogP contribution in [0.4, 0.5) is 0 Å². The third-order valence-corrected chi connectivity index (χ3v) is 2.74. The molecule has 1 heterocycles. The van der Waals surface area contributed by atoms with E-state index in [4.69, 9.17) is 0 Å². The molecule has 2 nitrogen and oxygen atoms in total. The van der Waals surface area contributed by atoms with Gasteiger partial charge in [0.2, 0.25) is 0 Å². The molecule has 17 heavy (non-hydrogen) atoms. The van der Waals surface area contributed by atoms with Gasteiger partial charge in [-0.05, 0) is 25.5 Å². The van der Waals surface area contributed by atoms with Crippen molar-refractivity contribution in [3.63, 3.8) is 0 Å². The first-order valence-electron chi connectivity index (χ1n) is 5.57. The Kier molecular flexibility index (Phi) is 3.24. The van der Waals surface area contributed by atoms with E-state index in [0.717, 1.165) is 22.4 Å². The summed E-state index contributed by atoms with van der Waals surface area (Å²) in [6.07, 6.45) is 5.60. The largest absolute Gasteiger partial charge is 0.507 e. The quantitative estimate of drug-likeness (QED) is 0.847. The second-order valence-electron chi connectivity index (χ2n) is 4.04. The zero-order chi connectivity index (χ0) is 12.3. The minimum atomic E-state index is 0.327. The van der Waals surface area contributed by atoms with Crippen LogP contribution < -0.4 is 0 Å².